The van der Waals surface area contributed by atoms with Gasteiger partial charge in [-0.3, -0.25) is 4.68 Å². The van der Waals surface area contributed by atoms with E-state index >= 15 is 0 Å². The number of ether oxygens (including phenoxy) is 1. The minimum absolute atomic E-state index is 0.558. The van der Waals surface area contributed by atoms with Gasteiger partial charge in [-0.15, -0.1) is 0 Å². The fourth-order valence-corrected chi connectivity index (χ4v) is 2.12. The number of nitrogens with one attached hydrogen (secondary N) is 2. The third kappa shape index (κ3) is 4.19. The van der Waals surface area contributed by atoms with Gasteiger partial charge in [0.2, 0.25) is 0 Å². The van der Waals surface area contributed by atoms with Crippen LogP contribution in [0.4, 0.5) is 5.69 Å². The maximum atomic E-state index is 5.32. The number of hydrogen-bond donors (Lipinski definition) is 2. The highest BCUT2D eigenvalue weighted by atomic mass is 32.1. The van der Waals surface area contributed by atoms with E-state index in [2.05, 4.69) is 22.7 Å². The summed E-state index contributed by atoms with van der Waals surface area (Å²) >= 11 is 5.32. The number of aryl methyl sites for hydroxylation is 2. The fourth-order valence-electron chi connectivity index (χ4n) is 1.94. The van der Waals surface area contributed by atoms with Gasteiger partial charge in [-0.05, 0) is 43.8 Å². The lowest BCUT2D eigenvalue weighted by molar-refractivity contribution is 0.417. The SMILES string of the molecule is CCn1cc(CNC(=S)Nc2cc(C)ccc2OC)cn1. The molecule has 0 bridgehead atoms. The molecule has 21 heavy (non-hydrogen) atoms. The van der Waals surface area contributed by atoms with Crippen molar-refractivity contribution in [2.75, 3.05) is 12.4 Å². The van der Waals surface area contributed by atoms with E-state index in [1.54, 1.807) is 7.11 Å². The maximum Gasteiger partial charge on any atom is 0.171 e. The second kappa shape index (κ2) is 7.08. The highest BCUT2D eigenvalue weighted by molar-refractivity contribution is 7.80. The summed E-state index contributed by atoms with van der Waals surface area (Å²) in [6, 6.07) is 5.92. The van der Waals surface area contributed by atoms with Crippen LogP contribution in [0, 0.1) is 6.92 Å². The Morgan fingerprint density at radius 2 is 2.24 bits per heavy atom. The van der Waals surface area contributed by atoms with Crippen LogP contribution in [0.1, 0.15) is 18.1 Å². The zero-order chi connectivity index (χ0) is 15.2. The Hall–Kier alpha value is -2.08. The maximum absolute atomic E-state index is 5.32. The summed E-state index contributed by atoms with van der Waals surface area (Å²) in [6.45, 7) is 5.59. The molecule has 5 nitrogen and oxygen atoms in total. The van der Waals surface area contributed by atoms with Gasteiger partial charge in [-0.2, -0.15) is 5.10 Å². The van der Waals surface area contributed by atoms with E-state index in [9.17, 15) is 0 Å². The molecular formula is C15H20N4OS. The summed E-state index contributed by atoms with van der Waals surface area (Å²) in [5.74, 6) is 0.767. The van der Waals surface area contributed by atoms with Gasteiger partial charge in [0.25, 0.3) is 0 Å². The number of anilines is 1. The number of methoxy groups -OCH3 is 1. The monoisotopic (exact) mass is 304 g/mol. The molecule has 0 atom stereocenters. The van der Waals surface area contributed by atoms with E-state index in [1.165, 1.54) is 0 Å². The van der Waals surface area contributed by atoms with Crippen molar-refractivity contribution >= 4 is 23.0 Å². The van der Waals surface area contributed by atoms with Crippen molar-refractivity contribution in [3.63, 3.8) is 0 Å². The lowest BCUT2D eigenvalue weighted by Crippen LogP contribution is -2.28. The van der Waals surface area contributed by atoms with E-state index < -0.39 is 0 Å². The number of thiocarbonyl (C=S) groups is 1. The second-order valence-corrected chi connectivity index (χ2v) is 5.12. The molecule has 1 aromatic carbocycles. The van der Waals surface area contributed by atoms with Crippen molar-refractivity contribution in [1.82, 2.24) is 15.1 Å². The van der Waals surface area contributed by atoms with E-state index in [4.69, 9.17) is 17.0 Å². The molecule has 0 unspecified atom stereocenters. The van der Waals surface area contributed by atoms with Crippen LogP contribution in [0.15, 0.2) is 30.6 Å². The number of rotatable bonds is 5. The molecule has 0 radical (unpaired) electrons. The van der Waals surface area contributed by atoms with Crippen molar-refractivity contribution in [3.8, 4) is 5.75 Å². The van der Waals surface area contributed by atoms with Gasteiger partial charge in [-0.1, -0.05) is 6.07 Å². The summed E-state index contributed by atoms with van der Waals surface area (Å²) in [7, 11) is 1.64. The first kappa shape index (κ1) is 15.3. The Balaban J connectivity index is 1.94. The largest absolute Gasteiger partial charge is 0.495 e. The fraction of sp³-hybridized carbons (Fsp3) is 0.333. The summed E-state index contributed by atoms with van der Waals surface area (Å²) in [4.78, 5) is 0. The first-order chi connectivity index (χ1) is 10.1. The van der Waals surface area contributed by atoms with Crippen LogP contribution in [0.2, 0.25) is 0 Å². The molecule has 1 heterocycles. The summed E-state index contributed by atoms with van der Waals surface area (Å²) in [5.41, 5.74) is 3.10. The predicted molar refractivity (Wildman–Crippen MR) is 88.7 cm³/mol. The Bertz CT molecular complexity index is 624. The van der Waals surface area contributed by atoms with Gasteiger partial charge in [0.05, 0.1) is 19.0 Å². The molecule has 0 fully saturated rings. The van der Waals surface area contributed by atoms with E-state index in [-0.39, 0.29) is 0 Å². The molecule has 6 heteroatoms. The minimum atomic E-state index is 0.558. The van der Waals surface area contributed by atoms with E-state index in [0.717, 1.165) is 29.1 Å². The van der Waals surface area contributed by atoms with E-state index in [1.807, 2.05) is 42.2 Å². The van der Waals surface area contributed by atoms with Crippen molar-refractivity contribution in [2.45, 2.75) is 26.9 Å². The smallest absolute Gasteiger partial charge is 0.171 e. The van der Waals surface area contributed by atoms with Gasteiger partial charge >= 0.3 is 0 Å². The van der Waals surface area contributed by atoms with Gasteiger partial charge in [0, 0.05) is 24.8 Å². The average Bonchev–Trinajstić information content (AvgIpc) is 2.93. The summed E-state index contributed by atoms with van der Waals surface area (Å²) in [5, 5.41) is 11.1. The Morgan fingerprint density at radius 1 is 1.43 bits per heavy atom. The lowest BCUT2D eigenvalue weighted by atomic mass is 10.2. The first-order valence-corrected chi connectivity index (χ1v) is 7.24. The molecule has 2 rings (SSSR count). The van der Waals surface area contributed by atoms with Crippen molar-refractivity contribution in [2.24, 2.45) is 0 Å². The van der Waals surface area contributed by atoms with Crippen LogP contribution in [-0.2, 0) is 13.1 Å². The number of aromatic nitrogens is 2. The zero-order valence-corrected chi connectivity index (χ0v) is 13.3. The molecule has 2 N–H and O–H groups in total. The molecule has 0 aliphatic heterocycles. The van der Waals surface area contributed by atoms with Crippen LogP contribution in [0.5, 0.6) is 5.75 Å². The van der Waals surface area contributed by atoms with Gasteiger partial charge in [0.15, 0.2) is 5.11 Å². The van der Waals surface area contributed by atoms with Crippen LogP contribution < -0.4 is 15.4 Å². The molecule has 0 saturated heterocycles. The highest BCUT2D eigenvalue weighted by Gasteiger charge is 2.05. The molecule has 0 aliphatic rings. The standard InChI is InChI=1S/C15H20N4OS/c1-4-19-10-12(9-17-19)8-16-15(21)18-13-7-11(2)5-6-14(13)20-3/h5-7,9-10H,4,8H2,1-3H3,(H2,16,18,21). The third-order valence-corrected chi connectivity index (χ3v) is 3.31. The molecule has 0 spiro atoms. The Morgan fingerprint density at radius 3 is 2.90 bits per heavy atom. The third-order valence-electron chi connectivity index (χ3n) is 3.07. The molecule has 112 valence electrons. The van der Waals surface area contributed by atoms with Gasteiger partial charge < -0.3 is 15.4 Å². The minimum Gasteiger partial charge on any atom is -0.495 e. The molecule has 0 aliphatic carbocycles. The van der Waals surface area contributed by atoms with Crippen molar-refractivity contribution < 1.29 is 4.74 Å². The summed E-state index contributed by atoms with van der Waals surface area (Å²) < 4.78 is 7.20. The molecule has 1 aromatic heterocycles. The Labute approximate surface area is 130 Å². The predicted octanol–water partition coefficient (Wildman–Crippen LogP) is 2.71. The number of benzene rings is 1. The topological polar surface area (TPSA) is 51.1 Å². The van der Waals surface area contributed by atoms with Crippen LogP contribution in [0.3, 0.4) is 0 Å². The van der Waals surface area contributed by atoms with Crippen LogP contribution in [-0.4, -0.2) is 22.0 Å². The molecule has 2 aromatic rings. The Kier molecular flexibility index (Phi) is 5.16. The van der Waals surface area contributed by atoms with Gasteiger partial charge in [0.1, 0.15) is 5.75 Å². The molecule has 0 amide bonds. The normalized spacial score (nSPS) is 10.2. The molecule has 0 saturated carbocycles. The first-order valence-electron chi connectivity index (χ1n) is 6.83. The van der Waals surface area contributed by atoms with Crippen molar-refractivity contribution in [3.05, 3.63) is 41.7 Å². The summed E-state index contributed by atoms with van der Waals surface area (Å²) in [6.07, 6.45) is 3.84. The number of hydrogen-bond acceptors (Lipinski definition) is 3. The van der Waals surface area contributed by atoms with Gasteiger partial charge in [-0.25, -0.2) is 0 Å². The average molecular weight is 304 g/mol. The zero-order valence-electron chi connectivity index (χ0n) is 12.5. The van der Waals surface area contributed by atoms with E-state index in [0.29, 0.717) is 11.7 Å². The van der Waals surface area contributed by atoms with Crippen LogP contribution in [0.25, 0.3) is 0 Å². The highest BCUT2D eigenvalue weighted by Crippen LogP contribution is 2.24. The number of nitrogens with zero attached hydrogens (tertiary/aromatic N) is 2. The lowest BCUT2D eigenvalue weighted by Gasteiger charge is -2.13. The quantitative estimate of drug-likeness (QED) is 0.832. The van der Waals surface area contributed by atoms with Crippen molar-refractivity contribution in [1.29, 1.82) is 0 Å². The molecular weight excluding hydrogens is 284 g/mol. The van der Waals surface area contributed by atoms with Crippen LogP contribution >= 0.6 is 12.2 Å². The second-order valence-electron chi connectivity index (χ2n) is 4.72.